The highest BCUT2D eigenvalue weighted by atomic mass is 16.6. The molecule has 1 saturated heterocycles. The van der Waals surface area contributed by atoms with Gasteiger partial charge in [0.15, 0.2) is 0 Å². The Balaban J connectivity index is 1.36. The largest absolute Gasteiger partial charge is 0.390 e. The Morgan fingerprint density at radius 3 is 2.64 bits per heavy atom. The van der Waals surface area contributed by atoms with E-state index in [1.54, 1.807) is 12.1 Å². The number of nitrogens with one attached hydrogen (secondary N) is 1. The maximum atomic E-state index is 10.6. The van der Waals surface area contributed by atoms with Crippen LogP contribution in [0.1, 0.15) is 37.7 Å². The molecule has 0 unspecified atom stereocenters. The Kier molecular flexibility index (Phi) is 6.39. The normalized spacial score (nSPS) is 25.3. The van der Waals surface area contributed by atoms with Crippen LogP contribution < -0.4 is 5.32 Å². The van der Waals surface area contributed by atoms with Crippen LogP contribution in [0.15, 0.2) is 24.3 Å². The Labute approximate surface area is 149 Å². The van der Waals surface area contributed by atoms with Crippen LogP contribution in [-0.4, -0.2) is 47.2 Å². The van der Waals surface area contributed by atoms with Crippen LogP contribution >= 0.6 is 0 Å². The predicted molar refractivity (Wildman–Crippen MR) is 97.3 cm³/mol. The monoisotopic (exact) mass is 347 g/mol. The van der Waals surface area contributed by atoms with Crippen LogP contribution in [0.25, 0.3) is 0 Å². The number of β-amino-alcohol motifs (C(OH)–C–C–N with tert-alkyl or cyclic N) is 1. The van der Waals surface area contributed by atoms with Gasteiger partial charge in [-0.2, -0.15) is 0 Å². The van der Waals surface area contributed by atoms with Crippen molar-refractivity contribution in [3.63, 3.8) is 0 Å². The van der Waals surface area contributed by atoms with Gasteiger partial charge in [0.2, 0.25) is 0 Å². The molecule has 1 aromatic rings. The van der Waals surface area contributed by atoms with Crippen molar-refractivity contribution in [2.24, 2.45) is 11.8 Å². The van der Waals surface area contributed by atoms with E-state index in [4.69, 9.17) is 0 Å². The molecule has 2 N–H and O–H groups in total. The average Bonchev–Trinajstić information content (AvgIpc) is 2.62. The summed E-state index contributed by atoms with van der Waals surface area (Å²) in [6.45, 7) is 4.14. The highest BCUT2D eigenvalue weighted by Gasteiger charge is 2.31. The van der Waals surface area contributed by atoms with Crippen LogP contribution in [0, 0.1) is 22.0 Å². The van der Waals surface area contributed by atoms with E-state index >= 15 is 0 Å². The lowest BCUT2D eigenvalue weighted by molar-refractivity contribution is -0.384. The summed E-state index contributed by atoms with van der Waals surface area (Å²) in [4.78, 5) is 12.7. The minimum atomic E-state index is -0.392. The van der Waals surface area contributed by atoms with Gasteiger partial charge in [-0.3, -0.25) is 10.1 Å². The lowest BCUT2D eigenvalue weighted by Crippen LogP contribution is -2.46. The second-order valence-electron chi connectivity index (χ2n) is 7.56. The van der Waals surface area contributed by atoms with Gasteiger partial charge in [-0.25, -0.2) is 0 Å². The Bertz CT molecular complexity index is 564. The van der Waals surface area contributed by atoms with Crippen molar-refractivity contribution in [1.29, 1.82) is 0 Å². The fourth-order valence-electron chi connectivity index (χ4n) is 4.32. The van der Waals surface area contributed by atoms with Crippen LogP contribution in [-0.2, 0) is 6.54 Å². The van der Waals surface area contributed by atoms with E-state index < -0.39 is 4.92 Å². The van der Waals surface area contributed by atoms with Crippen molar-refractivity contribution < 1.29 is 10.0 Å². The lowest BCUT2D eigenvalue weighted by Gasteiger charge is -2.41. The molecule has 138 valence electrons. The molecule has 6 heteroatoms. The number of nitrogens with zero attached hydrogens (tertiary/aromatic N) is 2. The second kappa shape index (κ2) is 8.74. The van der Waals surface area contributed by atoms with Crippen LogP contribution in [0.5, 0.6) is 0 Å². The summed E-state index contributed by atoms with van der Waals surface area (Å²) in [5.41, 5.74) is 1.09. The number of nitro benzene ring substituents is 1. The zero-order valence-electron chi connectivity index (χ0n) is 14.8. The van der Waals surface area contributed by atoms with Crippen molar-refractivity contribution in [3.05, 3.63) is 39.9 Å². The lowest BCUT2D eigenvalue weighted by atomic mass is 9.75. The number of aliphatic hydroxyl groups excluding tert-OH is 1. The van der Waals surface area contributed by atoms with Gasteiger partial charge in [0, 0.05) is 38.3 Å². The van der Waals surface area contributed by atoms with Crippen molar-refractivity contribution in [1.82, 2.24) is 10.2 Å². The van der Waals surface area contributed by atoms with Crippen molar-refractivity contribution in [3.8, 4) is 0 Å². The molecule has 1 heterocycles. The first-order valence-electron chi connectivity index (χ1n) is 9.46. The number of hydrogen-bond donors (Lipinski definition) is 2. The molecule has 0 radical (unpaired) electrons. The van der Waals surface area contributed by atoms with Crippen LogP contribution in [0.4, 0.5) is 5.69 Å². The van der Waals surface area contributed by atoms with Crippen LogP contribution in [0.3, 0.4) is 0 Å². The van der Waals surface area contributed by atoms with Gasteiger partial charge < -0.3 is 15.3 Å². The second-order valence-corrected chi connectivity index (χ2v) is 7.56. The smallest absolute Gasteiger partial charge is 0.269 e. The average molecular weight is 347 g/mol. The van der Waals surface area contributed by atoms with Gasteiger partial charge in [-0.1, -0.05) is 31.4 Å². The molecule has 2 fully saturated rings. The van der Waals surface area contributed by atoms with Crippen molar-refractivity contribution in [2.45, 2.75) is 44.8 Å². The summed E-state index contributed by atoms with van der Waals surface area (Å²) in [6.07, 6.45) is 6.43. The summed E-state index contributed by atoms with van der Waals surface area (Å²) in [5.74, 6) is 1.75. The molecule has 3 atom stereocenters. The number of benzene rings is 1. The maximum absolute atomic E-state index is 10.6. The molecule has 6 nitrogen and oxygen atoms in total. The zero-order valence-corrected chi connectivity index (χ0v) is 14.8. The Hall–Kier alpha value is -1.50. The van der Waals surface area contributed by atoms with Gasteiger partial charge >= 0.3 is 0 Å². The van der Waals surface area contributed by atoms with Gasteiger partial charge in [-0.05, 0) is 36.8 Å². The number of nitro groups is 1. The third-order valence-electron chi connectivity index (χ3n) is 5.70. The molecule has 1 aliphatic carbocycles. The van der Waals surface area contributed by atoms with Gasteiger partial charge in [0.1, 0.15) is 0 Å². The number of rotatable bonds is 7. The number of aliphatic hydroxyl groups is 1. The minimum absolute atomic E-state index is 0.106. The van der Waals surface area contributed by atoms with E-state index in [0.717, 1.165) is 37.0 Å². The first-order chi connectivity index (χ1) is 12.1. The number of fused-ring (bicyclic) bond motifs is 1. The van der Waals surface area contributed by atoms with Gasteiger partial charge in [0.05, 0.1) is 11.0 Å². The zero-order chi connectivity index (χ0) is 17.6. The van der Waals surface area contributed by atoms with E-state index in [0.29, 0.717) is 13.1 Å². The molecule has 25 heavy (non-hydrogen) atoms. The molecule has 2 aliphatic rings. The highest BCUT2D eigenvalue weighted by molar-refractivity contribution is 5.32. The molecule has 1 saturated carbocycles. The molecule has 0 bridgehead atoms. The summed E-state index contributed by atoms with van der Waals surface area (Å²) in [5, 5.41) is 24.2. The minimum Gasteiger partial charge on any atom is -0.390 e. The van der Waals surface area contributed by atoms with E-state index in [-0.39, 0.29) is 11.8 Å². The summed E-state index contributed by atoms with van der Waals surface area (Å²) < 4.78 is 0. The summed E-state index contributed by atoms with van der Waals surface area (Å²) in [7, 11) is 0. The number of piperidine rings is 1. The van der Waals surface area contributed by atoms with Gasteiger partial charge in [0.25, 0.3) is 5.69 Å². The molecule has 1 aromatic carbocycles. The molecular weight excluding hydrogens is 318 g/mol. The van der Waals surface area contributed by atoms with E-state index in [1.165, 1.54) is 44.2 Å². The van der Waals surface area contributed by atoms with E-state index in [9.17, 15) is 15.2 Å². The SMILES string of the molecule is O=[N+]([O-])c1ccc(CNC[C@@H](O)CN2CC[C@@H]3CCCC[C@@H]3C2)cc1. The maximum Gasteiger partial charge on any atom is 0.269 e. The molecular formula is C19H29N3O3. The Morgan fingerprint density at radius 1 is 1.20 bits per heavy atom. The standard InChI is InChI=1S/C19H29N3O3/c23-19(12-20-11-15-5-7-18(8-6-15)22(24)25)14-21-10-9-16-3-1-2-4-17(16)13-21/h5-8,16-17,19-20,23H,1-4,9-14H2/t16-,17+,19+/m0/s1. The highest BCUT2D eigenvalue weighted by Crippen LogP contribution is 2.35. The van der Waals surface area contributed by atoms with E-state index in [2.05, 4.69) is 10.2 Å². The molecule has 0 aromatic heterocycles. The quantitative estimate of drug-likeness (QED) is 0.585. The number of non-ortho nitro benzene ring substituents is 1. The molecule has 1 aliphatic heterocycles. The third-order valence-corrected chi connectivity index (χ3v) is 5.70. The first kappa shape index (κ1) is 18.3. The summed E-state index contributed by atoms with van der Waals surface area (Å²) >= 11 is 0. The first-order valence-corrected chi connectivity index (χ1v) is 9.46. The number of hydrogen-bond acceptors (Lipinski definition) is 5. The number of likely N-dealkylation sites (tertiary alicyclic amines) is 1. The van der Waals surface area contributed by atoms with Gasteiger partial charge in [-0.15, -0.1) is 0 Å². The predicted octanol–water partition coefficient (Wildman–Crippen LogP) is 2.56. The molecule has 0 amide bonds. The fraction of sp³-hybridized carbons (Fsp3) is 0.684. The topological polar surface area (TPSA) is 78.6 Å². The van der Waals surface area contributed by atoms with Crippen molar-refractivity contribution in [2.75, 3.05) is 26.2 Å². The third kappa shape index (κ3) is 5.23. The molecule has 0 spiro atoms. The van der Waals surface area contributed by atoms with E-state index in [1.807, 2.05) is 0 Å². The van der Waals surface area contributed by atoms with Crippen molar-refractivity contribution >= 4 is 5.69 Å². The fourth-order valence-corrected chi connectivity index (χ4v) is 4.32. The molecule has 3 rings (SSSR count). The Morgan fingerprint density at radius 2 is 1.92 bits per heavy atom. The summed E-state index contributed by atoms with van der Waals surface area (Å²) in [6, 6.07) is 6.54. The van der Waals surface area contributed by atoms with Crippen LogP contribution in [0.2, 0.25) is 0 Å².